The second kappa shape index (κ2) is 4.40. The van der Waals surface area contributed by atoms with E-state index in [1.54, 1.807) is 12.2 Å². The zero-order valence-electron chi connectivity index (χ0n) is 11.5. The largest absolute Gasteiger partial charge is 0.381 e. The predicted molar refractivity (Wildman–Crippen MR) is 81.5 cm³/mol. The topological polar surface area (TPSA) is 20.2 Å². The van der Waals surface area contributed by atoms with Gasteiger partial charge in [0.05, 0.1) is 0 Å². The van der Waals surface area contributed by atoms with Crippen molar-refractivity contribution in [2.75, 3.05) is 0 Å². The lowest BCUT2D eigenvalue weighted by Gasteiger charge is -2.28. The molecule has 2 aromatic carbocycles. The predicted octanol–water partition coefficient (Wildman–Crippen LogP) is 4.26. The van der Waals surface area contributed by atoms with E-state index in [4.69, 9.17) is 0 Å². The van der Waals surface area contributed by atoms with Crippen LogP contribution in [-0.2, 0) is 12.0 Å². The van der Waals surface area contributed by atoms with E-state index in [0.717, 1.165) is 23.1 Å². The molecule has 2 aliphatic rings. The van der Waals surface area contributed by atoms with E-state index in [1.165, 1.54) is 17.2 Å². The summed E-state index contributed by atoms with van der Waals surface area (Å²) in [6.45, 7) is 0. The van der Waals surface area contributed by atoms with E-state index < -0.39 is 5.60 Å². The Morgan fingerprint density at radius 3 is 2.67 bits per heavy atom. The molecular formula is C19H15FO. The quantitative estimate of drug-likeness (QED) is 0.705. The number of benzene rings is 2. The number of hydrogen-bond donors (Lipinski definition) is 1. The second-order valence-electron chi connectivity index (χ2n) is 5.74. The summed E-state index contributed by atoms with van der Waals surface area (Å²) < 4.78 is 13.6. The second-order valence-corrected chi connectivity index (χ2v) is 5.74. The van der Waals surface area contributed by atoms with Gasteiger partial charge < -0.3 is 5.11 Å². The molecule has 2 aromatic rings. The highest BCUT2D eigenvalue weighted by Crippen LogP contribution is 2.43. The van der Waals surface area contributed by atoms with Gasteiger partial charge in [-0.1, -0.05) is 48.5 Å². The van der Waals surface area contributed by atoms with Crippen molar-refractivity contribution in [1.29, 1.82) is 0 Å². The van der Waals surface area contributed by atoms with Crippen LogP contribution in [0.5, 0.6) is 0 Å². The van der Waals surface area contributed by atoms with Crippen molar-refractivity contribution in [3.05, 3.63) is 83.2 Å². The molecule has 0 spiro atoms. The van der Waals surface area contributed by atoms with Crippen LogP contribution in [-0.4, -0.2) is 5.11 Å². The van der Waals surface area contributed by atoms with Crippen molar-refractivity contribution < 1.29 is 9.50 Å². The van der Waals surface area contributed by atoms with Gasteiger partial charge in [0.1, 0.15) is 11.4 Å². The number of hydrogen-bond acceptors (Lipinski definition) is 1. The van der Waals surface area contributed by atoms with Gasteiger partial charge in [0.25, 0.3) is 0 Å². The first kappa shape index (κ1) is 12.5. The van der Waals surface area contributed by atoms with Crippen LogP contribution in [0.2, 0.25) is 0 Å². The lowest BCUT2D eigenvalue weighted by molar-refractivity contribution is 0.0811. The third-order valence-corrected chi connectivity index (χ3v) is 4.40. The zero-order chi connectivity index (χ0) is 14.4. The summed E-state index contributed by atoms with van der Waals surface area (Å²) in [5.74, 6) is -0.284. The van der Waals surface area contributed by atoms with Crippen molar-refractivity contribution >= 4 is 0 Å². The van der Waals surface area contributed by atoms with Crippen molar-refractivity contribution in [2.24, 2.45) is 0 Å². The van der Waals surface area contributed by atoms with E-state index in [0.29, 0.717) is 0 Å². The first-order valence-electron chi connectivity index (χ1n) is 7.14. The first-order chi connectivity index (χ1) is 10.2. The maximum absolute atomic E-state index is 13.6. The number of allylic oxidation sites excluding steroid dienone is 2. The van der Waals surface area contributed by atoms with Crippen molar-refractivity contribution in [3.63, 3.8) is 0 Å². The minimum atomic E-state index is -1.24. The van der Waals surface area contributed by atoms with Gasteiger partial charge in [-0.25, -0.2) is 4.39 Å². The first-order valence-corrected chi connectivity index (χ1v) is 7.14. The van der Waals surface area contributed by atoms with Crippen LogP contribution < -0.4 is 0 Å². The Kier molecular flexibility index (Phi) is 2.63. The Morgan fingerprint density at radius 1 is 1.00 bits per heavy atom. The fourth-order valence-electron chi connectivity index (χ4n) is 3.43. The third-order valence-electron chi connectivity index (χ3n) is 4.40. The van der Waals surface area contributed by atoms with Crippen LogP contribution in [0.3, 0.4) is 0 Å². The van der Waals surface area contributed by atoms with Gasteiger partial charge >= 0.3 is 0 Å². The Morgan fingerprint density at radius 2 is 1.81 bits per heavy atom. The van der Waals surface area contributed by atoms with Gasteiger partial charge in [-0.15, -0.1) is 0 Å². The summed E-state index contributed by atoms with van der Waals surface area (Å²) in [5.41, 5.74) is 4.32. The standard InChI is InChI=1S/C19H15FO/c20-14-6-4-10-19(21,12-14)18-9-3-8-16-15-7-2-1-5-13(15)11-17(16)18/h1-10,21H,11-12H2. The van der Waals surface area contributed by atoms with Crippen molar-refractivity contribution in [1.82, 2.24) is 0 Å². The van der Waals surface area contributed by atoms with Gasteiger partial charge in [0, 0.05) is 6.42 Å². The van der Waals surface area contributed by atoms with E-state index >= 15 is 0 Å². The highest BCUT2D eigenvalue weighted by Gasteiger charge is 2.34. The lowest BCUT2D eigenvalue weighted by Crippen LogP contribution is -2.26. The van der Waals surface area contributed by atoms with Crippen molar-refractivity contribution in [3.8, 4) is 11.1 Å². The molecule has 0 saturated heterocycles. The van der Waals surface area contributed by atoms with E-state index in [9.17, 15) is 9.50 Å². The van der Waals surface area contributed by atoms with Gasteiger partial charge in [0.2, 0.25) is 0 Å². The summed E-state index contributed by atoms with van der Waals surface area (Å²) in [4.78, 5) is 0. The van der Waals surface area contributed by atoms with Crippen molar-refractivity contribution in [2.45, 2.75) is 18.4 Å². The van der Waals surface area contributed by atoms with Gasteiger partial charge in [-0.05, 0) is 46.4 Å². The Bertz CT molecular complexity index is 788. The normalized spacial score (nSPS) is 22.7. The molecule has 4 rings (SSSR count). The summed E-state index contributed by atoms with van der Waals surface area (Å²) >= 11 is 0. The molecule has 21 heavy (non-hydrogen) atoms. The molecule has 0 fully saturated rings. The van der Waals surface area contributed by atoms with Crippen LogP contribution >= 0.6 is 0 Å². The monoisotopic (exact) mass is 278 g/mol. The van der Waals surface area contributed by atoms with Gasteiger partial charge in [-0.2, -0.15) is 0 Å². The number of aliphatic hydroxyl groups is 1. The maximum Gasteiger partial charge on any atom is 0.115 e. The Balaban J connectivity index is 1.88. The Labute approximate surface area is 123 Å². The third kappa shape index (κ3) is 1.87. The average molecular weight is 278 g/mol. The highest BCUT2D eigenvalue weighted by molar-refractivity contribution is 5.78. The smallest absolute Gasteiger partial charge is 0.115 e. The molecule has 104 valence electrons. The molecule has 1 N–H and O–H groups in total. The minimum Gasteiger partial charge on any atom is -0.381 e. The van der Waals surface area contributed by atoms with Crippen LogP contribution in [0.4, 0.5) is 4.39 Å². The van der Waals surface area contributed by atoms with E-state index in [1.807, 2.05) is 24.3 Å². The molecule has 2 aliphatic carbocycles. The SMILES string of the molecule is OC1(c2cccc3c2Cc2ccccc2-3)C=CC=C(F)C1. The summed E-state index contributed by atoms with van der Waals surface area (Å²) in [7, 11) is 0. The maximum atomic E-state index is 13.6. The van der Waals surface area contributed by atoms with Gasteiger partial charge in [-0.3, -0.25) is 0 Å². The fraction of sp³-hybridized carbons (Fsp3) is 0.158. The number of rotatable bonds is 1. The van der Waals surface area contributed by atoms with Crippen LogP contribution in [0.1, 0.15) is 23.1 Å². The molecule has 1 unspecified atom stereocenters. The fourth-order valence-corrected chi connectivity index (χ4v) is 3.43. The molecule has 0 aromatic heterocycles. The van der Waals surface area contributed by atoms with Gasteiger partial charge in [0.15, 0.2) is 0 Å². The lowest BCUT2D eigenvalue weighted by atomic mass is 9.83. The minimum absolute atomic E-state index is 0.0102. The summed E-state index contributed by atoms with van der Waals surface area (Å²) in [5, 5.41) is 10.9. The van der Waals surface area contributed by atoms with E-state index in [2.05, 4.69) is 18.2 Å². The number of fused-ring (bicyclic) bond motifs is 3. The zero-order valence-corrected chi connectivity index (χ0v) is 11.5. The van der Waals surface area contributed by atoms with Crippen LogP contribution in [0.15, 0.2) is 66.5 Å². The van der Waals surface area contributed by atoms with Crippen LogP contribution in [0, 0.1) is 0 Å². The highest BCUT2D eigenvalue weighted by atomic mass is 19.1. The molecule has 0 aliphatic heterocycles. The molecule has 0 heterocycles. The Hall–Kier alpha value is -2.19. The molecule has 1 atom stereocenters. The van der Waals surface area contributed by atoms with E-state index in [-0.39, 0.29) is 12.2 Å². The molecule has 0 amide bonds. The average Bonchev–Trinajstić information content (AvgIpc) is 2.85. The van der Waals surface area contributed by atoms with Crippen LogP contribution in [0.25, 0.3) is 11.1 Å². The summed E-state index contributed by atoms with van der Waals surface area (Å²) in [6, 6.07) is 14.2. The number of halogens is 1. The summed E-state index contributed by atoms with van der Waals surface area (Å²) in [6.07, 6.45) is 5.50. The molecule has 0 radical (unpaired) electrons. The molecule has 0 saturated carbocycles. The molecule has 0 bridgehead atoms. The molecular weight excluding hydrogens is 263 g/mol. The molecule has 2 heteroatoms. The molecule has 1 nitrogen and oxygen atoms in total.